The second-order valence-corrected chi connectivity index (χ2v) is 3.25. The summed E-state index contributed by atoms with van der Waals surface area (Å²) in [6.45, 7) is 0. The van der Waals surface area contributed by atoms with E-state index in [0.29, 0.717) is 5.82 Å². The van der Waals surface area contributed by atoms with Gasteiger partial charge in [0.05, 0.1) is 6.20 Å². The van der Waals surface area contributed by atoms with Crippen LogP contribution in [0.2, 0.25) is 0 Å². The third-order valence-corrected chi connectivity index (χ3v) is 1.94. The zero-order valence-electron chi connectivity index (χ0n) is 6.48. The molecule has 66 valence electrons. The molecule has 3 nitrogen and oxygen atoms in total. The van der Waals surface area contributed by atoms with Crippen LogP contribution < -0.4 is 0 Å². The minimum Gasteiger partial charge on any atom is -0.289 e. The molecule has 2 aromatic rings. The quantitative estimate of drug-likeness (QED) is 0.767. The van der Waals surface area contributed by atoms with Crippen molar-refractivity contribution in [3.63, 3.8) is 0 Å². The van der Waals surface area contributed by atoms with E-state index in [1.165, 1.54) is 12.3 Å². The highest BCUT2D eigenvalue weighted by Crippen LogP contribution is 2.09. The molecular formula is C8H5BrFN3. The van der Waals surface area contributed by atoms with Crippen LogP contribution in [-0.4, -0.2) is 14.5 Å². The zero-order valence-corrected chi connectivity index (χ0v) is 8.07. The van der Waals surface area contributed by atoms with Crippen molar-refractivity contribution in [1.82, 2.24) is 14.5 Å². The zero-order chi connectivity index (χ0) is 9.26. The maximum Gasteiger partial charge on any atom is 0.141 e. The van der Waals surface area contributed by atoms with Crippen LogP contribution in [0.3, 0.4) is 0 Å². The Kier molecular flexibility index (Phi) is 2.10. The highest BCUT2D eigenvalue weighted by atomic mass is 79.9. The summed E-state index contributed by atoms with van der Waals surface area (Å²) in [4.78, 5) is 7.85. The molecule has 0 atom stereocenters. The number of pyridine rings is 1. The Labute approximate surface area is 82.4 Å². The Hall–Kier alpha value is -1.23. The van der Waals surface area contributed by atoms with Crippen LogP contribution in [0.25, 0.3) is 5.82 Å². The smallest absolute Gasteiger partial charge is 0.141 e. The molecule has 0 saturated carbocycles. The first kappa shape index (κ1) is 8.37. The molecule has 0 bridgehead atoms. The number of aromatic nitrogens is 3. The molecule has 0 saturated heterocycles. The molecule has 0 aliphatic heterocycles. The van der Waals surface area contributed by atoms with Crippen molar-refractivity contribution in [2.75, 3.05) is 0 Å². The maximum atomic E-state index is 12.5. The molecule has 0 fully saturated rings. The van der Waals surface area contributed by atoms with Crippen LogP contribution in [0.5, 0.6) is 0 Å². The average Bonchev–Trinajstić information content (AvgIpc) is 2.53. The number of hydrogen-bond acceptors (Lipinski definition) is 2. The van der Waals surface area contributed by atoms with Crippen molar-refractivity contribution in [2.45, 2.75) is 0 Å². The van der Waals surface area contributed by atoms with Gasteiger partial charge < -0.3 is 0 Å². The van der Waals surface area contributed by atoms with E-state index in [-0.39, 0.29) is 5.82 Å². The summed E-state index contributed by atoms with van der Waals surface area (Å²) in [5, 5.41) is 0. The summed E-state index contributed by atoms with van der Waals surface area (Å²) in [6.07, 6.45) is 4.52. The van der Waals surface area contributed by atoms with Gasteiger partial charge in [-0.05, 0) is 28.1 Å². The molecule has 0 N–H and O–H groups in total. The van der Waals surface area contributed by atoms with Gasteiger partial charge in [0.25, 0.3) is 0 Å². The van der Waals surface area contributed by atoms with Crippen LogP contribution in [0.15, 0.2) is 35.5 Å². The van der Waals surface area contributed by atoms with E-state index in [1.807, 2.05) is 0 Å². The lowest BCUT2D eigenvalue weighted by Crippen LogP contribution is -1.93. The predicted octanol–water partition coefficient (Wildman–Crippen LogP) is 2.17. The van der Waals surface area contributed by atoms with Crippen LogP contribution in [0.1, 0.15) is 0 Å². The van der Waals surface area contributed by atoms with Crippen molar-refractivity contribution in [3.8, 4) is 5.82 Å². The van der Waals surface area contributed by atoms with Gasteiger partial charge in [-0.25, -0.2) is 14.4 Å². The fourth-order valence-electron chi connectivity index (χ4n) is 0.945. The van der Waals surface area contributed by atoms with E-state index in [4.69, 9.17) is 0 Å². The summed E-state index contributed by atoms with van der Waals surface area (Å²) < 4.78 is 14.9. The van der Waals surface area contributed by atoms with E-state index in [9.17, 15) is 4.39 Å². The predicted molar refractivity (Wildman–Crippen MR) is 49.0 cm³/mol. The Morgan fingerprint density at radius 1 is 1.31 bits per heavy atom. The van der Waals surface area contributed by atoms with Gasteiger partial charge in [-0.2, -0.15) is 0 Å². The second-order valence-electron chi connectivity index (χ2n) is 2.44. The van der Waals surface area contributed by atoms with Gasteiger partial charge in [-0.1, -0.05) is 0 Å². The largest absolute Gasteiger partial charge is 0.289 e. The lowest BCUT2D eigenvalue weighted by Gasteiger charge is -1.98. The third kappa shape index (κ3) is 1.75. The fraction of sp³-hybridized carbons (Fsp3) is 0. The minimum absolute atomic E-state index is 0.345. The van der Waals surface area contributed by atoms with Crippen LogP contribution >= 0.6 is 15.9 Å². The van der Waals surface area contributed by atoms with Gasteiger partial charge in [0.15, 0.2) is 0 Å². The lowest BCUT2D eigenvalue weighted by molar-refractivity contribution is 0.620. The molecule has 5 heteroatoms. The monoisotopic (exact) mass is 241 g/mol. The molecule has 0 spiro atoms. The van der Waals surface area contributed by atoms with Gasteiger partial charge in [0.1, 0.15) is 22.6 Å². The molecular weight excluding hydrogens is 237 g/mol. The third-order valence-electron chi connectivity index (χ3n) is 1.53. The Bertz CT molecular complexity index is 410. The molecule has 2 heterocycles. The van der Waals surface area contributed by atoms with Crippen LogP contribution in [-0.2, 0) is 0 Å². The van der Waals surface area contributed by atoms with Crippen molar-refractivity contribution in [2.24, 2.45) is 0 Å². The molecule has 13 heavy (non-hydrogen) atoms. The molecule has 2 rings (SSSR count). The highest BCUT2D eigenvalue weighted by molar-refractivity contribution is 9.10. The van der Waals surface area contributed by atoms with Crippen molar-refractivity contribution in [3.05, 3.63) is 41.3 Å². The number of nitrogens with zero attached hydrogens (tertiary/aromatic N) is 3. The van der Waals surface area contributed by atoms with E-state index < -0.39 is 0 Å². The molecule has 0 aliphatic rings. The average molecular weight is 242 g/mol. The first-order valence-electron chi connectivity index (χ1n) is 3.57. The van der Waals surface area contributed by atoms with Gasteiger partial charge >= 0.3 is 0 Å². The molecule has 0 amide bonds. The number of halogens is 2. The van der Waals surface area contributed by atoms with Gasteiger partial charge in [-0.15, -0.1) is 0 Å². The summed E-state index contributed by atoms with van der Waals surface area (Å²) >= 11 is 3.21. The molecule has 0 aliphatic carbocycles. The molecule has 0 unspecified atom stereocenters. The van der Waals surface area contributed by atoms with Gasteiger partial charge in [-0.3, -0.25) is 4.57 Å². The first-order chi connectivity index (χ1) is 6.25. The Morgan fingerprint density at radius 3 is 2.69 bits per heavy atom. The number of rotatable bonds is 1. The van der Waals surface area contributed by atoms with Crippen molar-refractivity contribution in [1.29, 1.82) is 0 Å². The summed E-state index contributed by atoms with van der Waals surface area (Å²) in [5.41, 5.74) is 0. The van der Waals surface area contributed by atoms with Gasteiger partial charge in [0.2, 0.25) is 0 Å². The minimum atomic E-state index is -0.345. The summed E-state index contributed by atoms with van der Waals surface area (Å²) in [5.74, 6) is 0.294. The topological polar surface area (TPSA) is 30.7 Å². The Balaban J connectivity index is 2.41. The number of hydrogen-bond donors (Lipinski definition) is 0. The second kappa shape index (κ2) is 3.26. The van der Waals surface area contributed by atoms with E-state index in [2.05, 4.69) is 25.9 Å². The van der Waals surface area contributed by atoms with E-state index in [0.717, 1.165) is 4.60 Å². The number of imidazole rings is 1. The van der Waals surface area contributed by atoms with Gasteiger partial charge in [0, 0.05) is 6.20 Å². The molecule has 0 radical (unpaired) electrons. The molecule has 0 aromatic carbocycles. The maximum absolute atomic E-state index is 12.5. The normalized spacial score (nSPS) is 10.3. The van der Waals surface area contributed by atoms with E-state index in [1.54, 1.807) is 23.2 Å². The molecule has 2 aromatic heterocycles. The van der Waals surface area contributed by atoms with E-state index >= 15 is 0 Å². The SMILES string of the molecule is Fc1ccc(-n2cnc(Br)c2)nc1. The standard InChI is InChI=1S/C8H5BrFN3/c9-7-4-13(5-12-7)8-2-1-6(10)3-11-8/h1-5H. The van der Waals surface area contributed by atoms with Crippen LogP contribution in [0.4, 0.5) is 4.39 Å². The fourth-order valence-corrected chi connectivity index (χ4v) is 1.26. The lowest BCUT2D eigenvalue weighted by atomic mass is 10.4. The van der Waals surface area contributed by atoms with Crippen molar-refractivity contribution < 1.29 is 4.39 Å². The first-order valence-corrected chi connectivity index (χ1v) is 4.36. The summed E-state index contributed by atoms with van der Waals surface area (Å²) in [7, 11) is 0. The Morgan fingerprint density at radius 2 is 2.15 bits per heavy atom. The van der Waals surface area contributed by atoms with Crippen LogP contribution in [0, 0.1) is 5.82 Å². The summed E-state index contributed by atoms with van der Waals surface area (Å²) in [6, 6.07) is 2.94. The highest BCUT2D eigenvalue weighted by Gasteiger charge is 1.99. The van der Waals surface area contributed by atoms with Crippen molar-refractivity contribution >= 4 is 15.9 Å².